The van der Waals surface area contributed by atoms with Crippen LogP contribution in [0.15, 0.2) is 10.3 Å². The summed E-state index contributed by atoms with van der Waals surface area (Å²) in [5, 5.41) is 9.53. The fourth-order valence-corrected chi connectivity index (χ4v) is 6.14. The predicted molar refractivity (Wildman–Crippen MR) is 79.4 cm³/mol. The Bertz CT molecular complexity index is 637. The molecular formula is C12H16ClNO5S2. The molecule has 118 valence electrons. The van der Waals surface area contributed by atoms with Gasteiger partial charge in [0, 0.05) is 13.7 Å². The molecule has 0 bridgehead atoms. The Kier molecular flexibility index (Phi) is 4.65. The lowest BCUT2D eigenvalue weighted by atomic mass is 9.99. The first kappa shape index (κ1) is 16.7. The van der Waals surface area contributed by atoms with Crippen molar-refractivity contribution in [3.8, 4) is 0 Å². The van der Waals surface area contributed by atoms with Gasteiger partial charge in [-0.15, -0.1) is 11.3 Å². The van der Waals surface area contributed by atoms with Crippen molar-refractivity contribution in [1.29, 1.82) is 0 Å². The first-order valence-corrected chi connectivity index (χ1v) is 8.90. The van der Waals surface area contributed by atoms with Crippen LogP contribution < -0.4 is 0 Å². The van der Waals surface area contributed by atoms with E-state index in [0.717, 1.165) is 15.6 Å². The number of hydrogen-bond acceptors (Lipinski definition) is 5. The maximum absolute atomic E-state index is 12.8. The van der Waals surface area contributed by atoms with E-state index in [-0.39, 0.29) is 23.8 Å². The van der Waals surface area contributed by atoms with Gasteiger partial charge in [-0.25, -0.2) is 8.42 Å². The lowest BCUT2D eigenvalue weighted by Gasteiger charge is -2.32. The standard InChI is InChI=1S/C12H16ClNO5S2/c1-8-6-9(20-10(8)13)21(17,18)14-5-3-4-12(14,7-19-2)11(15)16/h6H,3-5,7H2,1-2H3,(H,15,16). The average molecular weight is 354 g/mol. The third-order valence-electron chi connectivity index (χ3n) is 3.59. The van der Waals surface area contributed by atoms with Gasteiger partial charge in [-0.1, -0.05) is 11.6 Å². The quantitative estimate of drug-likeness (QED) is 0.874. The number of aliphatic carboxylic acids is 1. The highest BCUT2D eigenvalue weighted by molar-refractivity contribution is 7.91. The largest absolute Gasteiger partial charge is 0.480 e. The highest BCUT2D eigenvalue weighted by atomic mass is 35.5. The van der Waals surface area contributed by atoms with E-state index in [0.29, 0.717) is 16.3 Å². The molecule has 1 aromatic heterocycles. The summed E-state index contributed by atoms with van der Waals surface area (Å²) in [5.41, 5.74) is -0.884. The van der Waals surface area contributed by atoms with Gasteiger partial charge in [-0.2, -0.15) is 4.31 Å². The predicted octanol–water partition coefficient (Wildman–Crippen LogP) is 1.96. The van der Waals surface area contributed by atoms with Gasteiger partial charge in [-0.3, -0.25) is 4.79 Å². The third kappa shape index (κ3) is 2.70. The second-order valence-electron chi connectivity index (χ2n) is 4.97. The maximum Gasteiger partial charge on any atom is 0.327 e. The monoisotopic (exact) mass is 353 g/mol. The molecule has 21 heavy (non-hydrogen) atoms. The fourth-order valence-electron chi connectivity index (χ4n) is 2.53. The number of carbonyl (C=O) groups is 1. The van der Waals surface area contributed by atoms with Crippen LogP contribution in [0, 0.1) is 6.92 Å². The molecule has 0 spiro atoms. The summed E-state index contributed by atoms with van der Waals surface area (Å²) in [6.45, 7) is 1.69. The summed E-state index contributed by atoms with van der Waals surface area (Å²) in [7, 11) is -2.55. The number of sulfonamides is 1. The van der Waals surface area contributed by atoms with E-state index >= 15 is 0 Å². The zero-order valence-corrected chi connectivity index (χ0v) is 14.0. The van der Waals surface area contributed by atoms with E-state index in [9.17, 15) is 18.3 Å². The van der Waals surface area contributed by atoms with Gasteiger partial charge in [0.2, 0.25) is 0 Å². The number of carboxylic acid groups (broad SMARTS) is 1. The van der Waals surface area contributed by atoms with Gasteiger partial charge in [0.25, 0.3) is 10.0 Å². The van der Waals surface area contributed by atoms with Crippen LogP contribution in [-0.4, -0.2) is 49.6 Å². The normalized spacial score (nSPS) is 23.6. The zero-order valence-electron chi connectivity index (χ0n) is 11.6. The molecule has 1 aliphatic heterocycles. The summed E-state index contributed by atoms with van der Waals surface area (Å²) >= 11 is 6.87. The third-order valence-corrected chi connectivity index (χ3v) is 7.56. The summed E-state index contributed by atoms with van der Waals surface area (Å²) in [5.74, 6) is -1.19. The molecule has 1 aromatic rings. The highest BCUT2D eigenvalue weighted by Crippen LogP contribution is 2.39. The molecule has 6 nitrogen and oxygen atoms in total. The van der Waals surface area contributed by atoms with Crippen molar-refractivity contribution in [2.75, 3.05) is 20.3 Å². The van der Waals surface area contributed by atoms with E-state index in [1.807, 2.05) is 0 Å². The van der Waals surface area contributed by atoms with Gasteiger partial charge in [0.15, 0.2) is 5.54 Å². The molecule has 9 heteroatoms. The van der Waals surface area contributed by atoms with Crippen LogP contribution in [0.2, 0.25) is 4.34 Å². The minimum absolute atomic E-state index is 0.0635. The van der Waals surface area contributed by atoms with Gasteiger partial charge >= 0.3 is 5.97 Å². The Hall–Kier alpha value is -0.670. The summed E-state index contributed by atoms with van der Waals surface area (Å²) in [4.78, 5) is 11.7. The van der Waals surface area contributed by atoms with Crippen LogP contribution in [0.5, 0.6) is 0 Å². The molecule has 2 heterocycles. The molecule has 1 unspecified atom stereocenters. The molecule has 0 radical (unpaired) electrons. The number of carboxylic acids is 1. The topological polar surface area (TPSA) is 83.9 Å². The molecule has 1 N–H and O–H groups in total. The first-order valence-electron chi connectivity index (χ1n) is 6.27. The Morgan fingerprint density at radius 3 is 2.76 bits per heavy atom. The second-order valence-corrected chi connectivity index (χ2v) is 8.72. The van der Waals surface area contributed by atoms with Crippen molar-refractivity contribution >= 4 is 38.9 Å². The maximum atomic E-state index is 12.8. The lowest BCUT2D eigenvalue weighted by molar-refractivity contribution is -0.150. The summed E-state index contributed by atoms with van der Waals surface area (Å²) in [6, 6.07) is 1.47. The number of nitrogens with zero attached hydrogens (tertiary/aromatic N) is 1. The van der Waals surface area contributed by atoms with Crippen LogP contribution in [0.25, 0.3) is 0 Å². The molecule has 0 aliphatic carbocycles. The zero-order chi connectivity index (χ0) is 15.8. The van der Waals surface area contributed by atoms with Gasteiger partial charge in [0.05, 0.1) is 10.9 Å². The smallest absolute Gasteiger partial charge is 0.327 e. The van der Waals surface area contributed by atoms with Crippen LogP contribution in [0.1, 0.15) is 18.4 Å². The molecule has 0 saturated carbocycles. The van der Waals surface area contributed by atoms with Gasteiger partial charge in [0.1, 0.15) is 4.21 Å². The lowest BCUT2D eigenvalue weighted by Crippen LogP contribution is -2.55. The van der Waals surface area contributed by atoms with E-state index < -0.39 is 21.5 Å². The molecule has 2 rings (SSSR count). The van der Waals surface area contributed by atoms with E-state index in [1.54, 1.807) is 6.92 Å². The van der Waals surface area contributed by atoms with Gasteiger partial charge in [-0.05, 0) is 31.4 Å². The first-order chi connectivity index (χ1) is 9.75. The van der Waals surface area contributed by atoms with E-state index in [4.69, 9.17) is 16.3 Å². The molecule has 0 aromatic carbocycles. The van der Waals surface area contributed by atoms with Gasteiger partial charge < -0.3 is 9.84 Å². The number of halogens is 1. The molecule has 1 atom stereocenters. The number of hydrogen-bond donors (Lipinski definition) is 1. The number of ether oxygens (including phenoxy) is 1. The van der Waals surface area contributed by atoms with Crippen LogP contribution >= 0.6 is 22.9 Å². The van der Waals surface area contributed by atoms with Crippen LogP contribution in [0.3, 0.4) is 0 Å². The summed E-state index contributed by atoms with van der Waals surface area (Å²) < 4.78 is 32.0. The Labute approximate surface area is 132 Å². The SMILES string of the molecule is COCC1(C(=O)O)CCCN1S(=O)(=O)c1cc(C)c(Cl)s1. The van der Waals surface area contributed by atoms with Crippen LogP contribution in [-0.2, 0) is 19.6 Å². The van der Waals surface area contributed by atoms with Crippen molar-refractivity contribution in [3.63, 3.8) is 0 Å². The number of rotatable bonds is 5. The summed E-state index contributed by atoms with van der Waals surface area (Å²) in [6.07, 6.45) is 0.709. The van der Waals surface area contributed by atoms with E-state index in [2.05, 4.69) is 0 Å². The van der Waals surface area contributed by atoms with Crippen molar-refractivity contribution in [2.24, 2.45) is 0 Å². The Balaban J connectivity index is 2.49. The fraction of sp³-hybridized carbons (Fsp3) is 0.583. The van der Waals surface area contributed by atoms with Crippen molar-refractivity contribution in [1.82, 2.24) is 4.31 Å². The minimum Gasteiger partial charge on any atom is -0.480 e. The Morgan fingerprint density at radius 1 is 1.62 bits per heavy atom. The number of thiophene rings is 1. The van der Waals surface area contributed by atoms with Crippen LogP contribution in [0.4, 0.5) is 0 Å². The van der Waals surface area contributed by atoms with Crippen molar-refractivity contribution < 1.29 is 23.1 Å². The molecule has 1 fully saturated rings. The Morgan fingerprint density at radius 2 is 2.29 bits per heavy atom. The molecule has 1 saturated heterocycles. The average Bonchev–Trinajstić information content (AvgIpc) is 2.96. The number of methoxy groups -OCH3 is 1. The minimum atomic E-state index is -3.91. The molecular weight excluding hydrogens is 338 g/mol. The highest BCUT2D eigenvalue weighted by Gasteiger charge is 2.53. The second kappa shape index (κ2) is 5.85. The van der Waals surface area contributed by atoms with Crippen molar-refractivity contribution in [3.05, 3.63) is 16.0 Å². The molecule has 0 amide bonds. The van der Waals surface area contributed by atoms with Crippen molar-refractivity contribution in [2.45, 2.75) is 29.5 Å². The van der Waals surface area contributed by atoms with E-state index in [1.165, 1.54) is 13.2 Å². The molecule has 1 aliphatic rings. The number of aryl methyl sites for hydroxylation is 1.